The van der Waals surface area contributed by atoms with E-state index in [0.29, 0.717) is 5.56 Å². The zero-order valence-corrected chi connectivity index (χ0v) is 20.0. The van der Waals surface area contributed by atoms with Gasteiger partial charge in [-0.3, -0.25) is 19.6 Å². The molecule has 3 amide bonds. The normalized spacial score (nSPS) is 13.0. The van der Waals surface area contributed by atoms with Crippen LogP contribution in [-0.2, 0) is 25.7 Å². The van der Waals surface area contributed by atoms with Gasteiger partial charge in [0.25, 0.3) is 17.7 Å². The molecule has 2 aromatic carbocycles. The largest absolute Gasteiger partial charge is 0.391 e. The second-order valence-corrected chi connectivity index (χ2v) is 7.64. The van der Waals surface area contributed by atoms with E-state index in [2.05, 4.69) is 17.2 Å². The molecule has 35 heavy (non-hydrogen) atoms. The summed E-state index contributed by atoms with van der Waals surface area (Å²) in [5, 5.41) is 20.4. The van der Waals surface area contributed by atoms with Gasteiger partial charge < -0.3 is 24.8 Å². The molecule has 0 bridgehead atoms. The fraction of sp³-hybridized carbons (Fsp3) is 0.320. The van der Waals surface area contributed by atoms with E-state index in [9.17, 15) is 14.4 Å². The number of hydroxylamine groups is 1. The number of hydrogen-bond donors (Lipinski definition) is 4. The Morgan fingerprint density at radius 3 is 2.03 bits per heavy atom. The number of hydrogen-bond acceptors (Lipinski definition) is 7. The average Bonchev–Trinajstić information content (AvgIpc) is 2.91. The van der Waals surface area contributed by atoms with Gasteiger partial charge in [-0.2, -0.15) is 0 Å². The van der Waals surface area contributed by atoms with Crippen LogP contribution in [0.2, 0.25) is 0 Å². The molecule has 0 aliphatic carbocycles. The Labute approximate surface area is 203 Å². The number of nitrogens with one attached hydrogen (secondary N) is 2. The number of benzene rings is 2. The van der Waals surface area contributed by atoms with E-state index in [4.69, 9.17) is 19.8 Å². The van der Waals surface area contributed by atoms with Crippen LogP contribution >= 0.6 is 0 Å². The number of methoxy groups -OCH3 is 1. The van der Waals surface area contributed by atoms with Crippen molar-refractivity contribution in [2.24, 2.45) is 0 Å². The van der Waals surface area contributed by atoms with Gasteiger partial charge in [-0.15, -0.1) is 0 Å². The molecule has 0 saturated carbocycles. The van der Waals surface area contributed by atoms with Crippen LogP contribution in [0.1, 0.15) is 34.0 Å². The lowest BCUT2D eigenvalue weighted by atomic mass is 9.96. The van der Waals surface area contributed by atoms with Crippen LogP contribution in [0, 0.1) is 11.8 Å². The zero-order chi connectivity index (χ0) is 26.0. The molecule has 0 heterocycles. The topological polar surface area (TPSA) is 137 Å². The quantitative estimate of drug-likeness (QED) is 0.135. The molecule has 0 aromatic heterocycles. The van der Waals surface area contributed by atoms with E-state index < -0.39 is 29.6 Å². The lowest BCUT2D eigenvalue weighted by molar-refractivity contribution is -0.152. The molecule has 0 aliphatic rings. The third kappa shape index (κ3) is 6.65. The molecule has 0 saturated heterocycles. The predicted octanol–water partition coefficient (Wildman–Crippen LogP) is 0.650. The van der Waals surface area contributed by atoms with Crippen molar-refractivity contribution in [3.05, 3.63) is 70.8 Å². The molecular formula is C25H29N3O7. The first-order valence-corrected chi connectivity index (χ1v) is 10.6. The van der Waals surface area contributed by atoms with E-state index in [1.165, 1.54) is 45.7 Å². The van der Waals surface area contributed by atoms with Crippen LogP contribution in [0.25, 0.3) is 0 Å². The summed E-state index contributed by atoms with van der Waals surface area (Å²) in [4.78, 5) is 38.3. The molecule has 4 N–H and O–H groups in total. The van der Waals surface area contributed by atoms with Gasteiger partial charge in [-0.05, 0) is 48.9 Å². The van der Waals surface area contributed by atoms with Crippen LogP contribution in [-0.4, -0.2) is 72.6 Å². The summed E-state index contributed by atoms with van der Waals surface area (Å²) in [5.74, 6) is 3.65. The maximum atomic E-state index is 12.9. The summed E-state index contributed by atoms with van der Waals surface area (Å²) < 4.78 is 10.4. The van der Waals surface area contributed by atoms with Crippen LogP contribution in [0.5, 0.6) is 0 Å². The number of rotatable bonds is 9. The van der Waals surface area contributed by atoms with Crippen molar-refractivity contribution in [1.29, 1.82) is 0 Å². The smallest absolute Gasteiger partial charge is 0.278 e. The second-order valence-electron chi connectivity index (χ2n) is 7.64. The molecule has 0 aliphatic heterocycles. The minimum absolute atomic E-state index is 0.230. The first-order valence-electron chi connectivity index (χ1n) is 10.6. The fourth-order valence-electron chi connectivity index (χ4n) is 3.07. The monoisotopic (exact) mass is 483 g/mol. The van der Waals surface area contributed by atoms with Gasteiger partial charge in [0.2, 0.25) is 0 Å². The Balaban J connectivity index is 2.10. The third-order valence-corrected chi connectivity index (χ3v) is 5.47. The average molecular weight is 484 g/mol. The number of ether oxygens (including phenoxy) is 2. The van der Waals surface area contributed by atoms with Crippen LogP contribution in [0.3, 0.4) is 0 Å². The van der Waals surface area contributed by atoms with Gasteiger partial charge in [0.05, 0.1) is 13.2 Å². The highest BCUT2D eigenvalue weighted by Crippen LogP contribution is 2.18. The molecule has 10 heteroatoms. The molecule has 1 unspecified atom stereocenters. The number of carbonyl (C=O) groups is 3. The molecule has 2 atom stereocenters. The lowest BCUT2D eigenvalue weighted by Gasteiger charge is -2.34. The summed E-state index contributed by atoms with van der Waals surface area (Å²) >= 11 is 0. The Morgan fingerprint density at radius 2 is 1.57 bits per heavy atom. The molecule has 0 spiro atoms. The van der Waals surface area contributed by atoms with Gasteiger partial charge in [-0.1, -0.05) is 24.0 Å². The fourth-order valence-corrected chi connectivity index (χ4v) is 3.07. The van der Waals surface area contributed by atoms with Crippen molar-refractivity contribution < 1.29 is 34.2 Å². The standard InChI is InChI=1S/C25H29N3O7/c1-25(23(31)26-2,24(32)27-33)28(3)22(30)20-13-11-18(12-14-20)6-5-17-7-9-19(10-8-17)16-35-21(15-29)34-4/h7-14,21,29,33H,15-16H2,1-4H3,(H,26,31)(H,27,32)/t21?,25-/m0/s1. The highest BCUT2D eigenvalue weighted by molar-refractivity contribution is 6.12. The summed E-state index contributed by atoms with van der Waals surface area (Å²) in [6.45, 7) is 1.29. The zero-order valence-electron chi connectivity index (χ0n) is 20.0. The summed E-state index contributed by atoms with van der Waals surface area (Å²) in [6.07, 6.45) is -0.673. The number of aliphatic hydroxyl groups is 1. The van der Waals surface area contributed by atoms with Gasteiger partial charge in [0.1, 0.15) is 0 Å². The SMILES string of the molecule is CNC(=O)[C@@](C)(C(=O)NO)N(C)C(=O)c1ccc(C#Cc2ccc(COC(CO)OC)cc2)cc1. The Bertz CT molecular complexity index is 1070. The van der Waals surface area contributed by atoms with E-state index in [-0.39, 0.29) is 18.8 Å². The first kappa shape index (κ1) is 27.5. The van der Waals surface area contributed by atoms with Gasteiger partial charge in [0.15, 0.2) is 11.8 Å². The summed E-state index contributed by atoms with van der Waals surface area (Å²) in [7, 11) is 4.08. The molecule has 2 rings (SSSR count). The second kappa shape index (κ2) is 12.6. The van der Waals surface area contributed by atoms with E-state index in [0.717, 1.165) is 16.0 Å². The predicted molar refractivity (Wildman–Crippen MR) is 126 cm³/mol. The van der Waals surface area contributed by atoms with Crippen LogP contribution < -0.4 is 10.8 Å². The Kier molecular flexibility index (Phi) is 9.93. The van der Waals surface area contributed by atoms with Gasteiger partial charge in [0, 0.05) is 37.9 Å². The highest BCUT2D eigenvalue weighted by Gasteiger charge is 2.47. The molecule has 0 fully saturated rings. The third-order valence-electron chi connectivity index (χ3n) is 5.47. The molecule has 186 valence electrons. The number of likely N-dealkylation sites (N-methyl/N-ethyl adjacent to an activating group) is 2. The minimum atomic E-state index is -1.96. The maximum Gasteiger partial charge on any atom is 0.278 e. The number of amides is 3. The Morgan fingerprint density at radius 1 is 1.03 bits per heavy atom. The van der Waals surface area contributed by atoms with Crippen molar-refractivity contribution in [1.82, 2.24) is 15.7 Å². The summed E-state index contributed by atoms with van der Waals surface area (Å²) in [5.41, 5.74) is 2.04. The van der Waals surface area contributed by atoms with E-state index in [1.54, 1.807) is 12.1 Å². The van der Waals surface area contributed by atoms with Crippen molar-refractivity contribution in [2.75, 3.05) is 27.8 Å². The lowest BCUT2D eigenvalue weighted by Crippen LogP contribution is -2.64. The highest BCUT2D eigenvalue weighted by atomic mass is 16.7. The number of aliphatic hydroxyl groups excluding tert-OH is 1. The van der Waals surface area contributed by atoms with Crippen LogP contribution in [0.15, 0.2) is 48.5 Å². The first-order chi connectivity index (χ1) is 16.7. The van der Waals surface area contributed by atoms with Crippen molar-refractivity contribution in [3.63, 3.8) is 0 Å². The van der Waals surface area contributed by atoms with Crippen molar-refractivity contribution in [2.45, 2.75) is 25.4 Å². The van der Waals surface area contributed by atoms with Crippen molar-refractivity contribution in [3.8, 4) is 11.8 Å². The Hall–Kier alpha value is -3.75. The van der Waals surface area contributed by atoms with E-state index in [1.807, 2.05) is 24.3 Å². The maximum absolute atomic E-state index is 12.9. The van der Waals surface area contributed by atoms with Crippen LogP contribution in [0.4, 0.5) is 0 Å². The molecular weight excluding hydrogens is 454 g/mol. The molecule has 0 radical (unpaired) electrons. The summed E-state index contributed by atoms with van der Waals surface area (Å²) in [6, 6.07) is 13.8. The number of carbonyl (C=O) groups excluding carboxylic acids is 3. The number of nitrogens with zero attached hydrogens (tertiary/aromatic N) is 1. The minimum Gasteiger partial charge on any atom is -0.391 e. The van der Waals surface area contributed by atoms with Gasteiger partial charge in [-0.25, -0.2) is 5.48 Å². The van der Waals surface area contributed by atoms with Crippen molar-refractivity contribution >= 4 is 17.7 Å². The van der Waals surface area contributed by atoms with Gasteiger partial charge >= 0.3 is 0 Å². The van der Waals surface area contributed by atoms with E-state index >= 15 is 0 Å². The molecule has 10 nitrogen and oxygen atoms in total. The molecule has 2 aromatic rings.